The molecule has 0 aliphatic heterocycles. The van der Waals surface area contributed by atoms with Crippen LogP contribution in [0, 0.1) is 26.6 Å². The van der Waals surface area contributed by atoms with Crippen LogP contribution in [0.15, 0.2) is 47.5 Å². The Bertz CT molecular complexity index is 1020. The van der Waals surface area contributed by atoms with Crippen LogP contribution < -0.4 is 5.32 Å². The van der Waals surface area contributed by atoms with E-state index in [0.717, 1.165) is 16.8 Å². The number of thioether (sulfide) groups is 1. The Morgan fingerprint density at radius 3 is 2.46 bits per heavy atom. The first kappa shape index (κ1) is 20.3. The number of carbonyl (C=O) groups is 1. The Kier molecular flexibility index (Phi) is 6.31. The number of halogens is 2. The number of carbonyl (C=O) groups excluding carboxylic acids is 1. The Labute approximate surface area is 172 Å². The Morgan fingerprint density at radius 1 is 1.04 bits per heavy atom. The Morgan fingerprint density at radius 2 is 1.79 bits per heavy atom. The molecule has 0 radical (unpaired) electrons. The zero-order valence-corrected chi connectivity index (χ0v) is 17.3. The van der Waals surface area contributed by atoms with Crippen LogP contribution in [0.4, 0.5) is 10.1 Å². The summed E-state index contributed by atoms with van der Waals surface area (Å²) in [5.74, 6) is -0.599. The number of amides is 1. The van der Waals surface area contributed by atoms with Crippen LogP contribution in [0.2, 0.25) is 5.02 Å². The number of hydrogen-bond donors (Lipinski definition) is 1. The number of nitrogens with zero attached hydrogens (tertiary/aromatic N) is 2. The van der Waals surface area contributed by atoms with Crippen molar-refractivity contribution in [3.63, 3.8) is 0 Å². The molecule has 1 amide bonds. The molecule has 0 saturated carbocycles. The highest BCUT2D eigenvalue weighted by molar-refractivity contribution is 7.99. The molecule has 1 aromatic heterocycles. The molecule has 1 heterocycles. The molecule has 0 aliphatic rings. The van der Waals surface area contributed by atoms with Gasteiger partial charge in [-0.2, -0.15) is 0 Å². The van der Waals surface area contributed by atoms with Crippen LogP contribution in [-0.2, 0) is 4.79 Å². The summed E-state index contributed by atoms with van der Waals surface area (Å²) in [6.45, 7) is 6.21. The van der Waals surface area contributed by atoms with Gasteiger partial charge in [0.05, 0.1) is 16.5 Å². The van der Waals surface area contributed by atoms with Crippen molar-refractivity contribution >= 4 is 35.0 Å². The van der Waals surface area contributed by atoms with Gasteiger partial charge in [-0.1, -0.05) is 29.4 Å². The van der Waals surface area contributed by atoms with Crippen molar-refractivity contribution in [3.05, 3.63) is 70.0 Å². The summed E-state index contributed by atoms with van der Waals surface area (Å²) in [4.78, 5) is 12.1. The maximum absolute atomic E-state index is 13.2. The minimum absolute atomic E-state index is 0.0338. The molecule has 3 aromatic rings. The van der Waals surface area contributed by atoms with E-state index < -0.39 is 5.82 Å². The van der Waals surface area contributed by atoms with Gasteiger partial charge in [0.15, 0.2) is 0 Å². The molecule has 2 aromatic carbocycles. The maximum Gasteiger partial charge on any atom is 0.234 e. The van der Waals surface area contributed by atoms with E-state index in [1.807, 2.05) is 12.1 Å². The highest BCUT2D eigenvalue weighted by Crippen LogP contribution is 2.26. The highest BCUT2D eigenvalue weighted by atomic mass is 35.5. The largest absolute Gasteiger partial charge is 0.325 e. The average molecular weight is 416 g/mol. The summed E-state index contributed by atoms with van der Waals surface area (Å²) < 4.78 is 13.2. The summed E-state index contributed by atoms with van der Waals surface area (Å²) in [5, 5.41) is 11.8. The normalized spacial score (nSPS) is 10.8. The number of nitrogens with one attached hydrogen (secondary N) is 1. The number of aryl methyl sites for hydroxylation is 3. The van der Waals surface area contributed by atoms with E-state index in [1.54, 1.807) is 0 Å². The van der Waals surface area contributed by atoms with Gasteiger partial charge in [0.2, 0.25) is 5.91 Å². The van der Waals surface area contributed by atoms with Crippen molar-refractivity contribution < 1.29 is 9.18 Å². The second-order valence-electron chi connectivity index (χ2n) is 6.47. The highest BCUT2D eigenvalue weighted by Gasteiger charge is 2.09. The van der Waals surface area contributed by atoms with Gasteiger partial charge in [0.1, 0.15) is 10.8 Å². The standard InChI is InChI=1S/C21H19ClFN3OS/c1-12-8-14(3)16(9-13(12)2)19-6-7-21(26-25-19)28-11-20(27)24-15-4-5-18(23)17(22)10-15/h4-10H,11H2,1-3H3,(H,24,27). The Hall–Kier alpha value is -2.44. The number of anilines is 1. The van der Waals surface area contributed by atoms with Gasteiger partial charge in [-0.15, -0.1) is 10.2 Å². The van der Waals surface area contributed by atoms with Crippen LogP contribution in [0.3, 0.4) is 0 Å². The predicted molar refractivity (Wildman–Crippen MR) is 112 cm³/mol. The molecular weight excluding hydrogens is 397 g/mol. The summed E-state index contributed by atoms with van der Waals surface area (Å²) in [5.41, 5.74) is 5.90. The summed E-state index contributed by atoms with van der Waals surface area (Å²) in [6.07, 6.45) is 0. The second-order valence-corrected chi connectivity index (χ2v) is 7.88. The minimum Gasteiger partial charge on any atom is -0.325 e. The fraction of sp³-hybridized carbons (Fsp3) is 0.190. The van der Waals surface area contributed by atoms with Crippen LogP contribution in [0.5, 0.6) is 0 Å². The van der Waals surface area contributed by atoms with Crippen molar-refractivity contribution in [3.8, 4) is 11.3 Å². The van der Waals surface area contributed by atoms with Crippen LogP contribution >= 0.6 is 23.4 Å². The van der Waals surface area contributed by atoms with Gasteiger partial charge < -0.3 is 5.32 Å². The topological polar surface area (TPSA) is 54.9 Å². The van der Waals surface area contributed by atoms with E-state index in [0.29, 0.717) is 10.7 Å². The fourth-order valence-corrected chi connectivity index (χ4v) is 3.48. The molecule has 0 bridgehead atoms. The van der Waals surface area contributed by atoms with Gasteiger partial charge in [0, 0.05) is 11.3 Å². The fourth-order valence-electron chi connectivity index (χ4n) is 2.69. The van der Waals surface area contributed by atoms with E-state index in [4.69, 9.17) is 11.6 Å². The minimum atomic E-state index is -0.525. The van der Waals surface area contributed by atoms with Crippen molar-refractivity contribution in [2.24, 2.45) is 0 Å². The first-order valence-electron chi connectivity index (χ1n) is 8.63. The van der Waals surface area contributed by atoms with Gasteiger partial charge in [-0.3, -0.25) is 4.79 Å². The monoisotopic (exact) mass is 415 g/mol. The van der Waals surface area contributed by atoms with Crippen molar-refractivity contribution in [1.29, 1.82) is 0 Å². The molecular formula is C21H19ClFN3OS. The lowest BCUT2D eigenvalue weighted by Crippen LogP contribution is -2.14. The Balaban J connectivity index is 1.62. The van der Waals surface area contributed by atoms with Crippen LogP contribution in [0.1, 0.15) is 16.7 Å². The lowest BCUT2D eigenvalue weighted by molar-refractivity contribution is -0.113. The molecule has 1 N–H and O–H groups in total. The quantitative estimate of drug-likeness (QED) is 0.551. The van der Waals surface area contributed by atoms with Crippen molar-refractivity contribution in [1.82, 2.24) is 10.2 Å². The number of hydrogen-bond acceptors (Lipinski definition) is 4. The van der Waals surface area contributed by atoms with E-state index in [2.05, 4.69) is 48.4 Å². The van der Waals surface area contributed by atoms with E-state index in [9.17, 15) is 9.18 Å². The zero-order chi connectivity index (χ0) is 20.3. The summed E-state index contributed by atoms with van der Waals surface area (Å²) >= 11 is 6.99. The van der Waals surface area contributed by atoms with Crippen molar-refractivity contribution in [2.75, 3.05) is 11.1 Å². The molecule has 0 spiro atoms. The number of aromatic nitrogens is 2. The average Bonchev–Trinajstić information content (AvgIpc) is 2.66. The SMILES string of the molecule is Cc1cc(C)c(-c2ccc(SCC(=O)Nc3ccc(F)c(Cl)c3)nn2)cc1C. The number of benzene rings is 2. The third-order valence-corrected chi connectivity index (χ3v) is 5.52. The van der Waals surface area contributed by atoms with E-state index >= 15 is 0 Å². The summed E-state index contributed by atoms with van der Waals surface area (Å²) in [7, 11) is 0. The molecule has 0 atom stereocenters. The zero-order valence-electron chi connectivity index (χ0n) is 15.7. The predicted octanol–water partition coefficient (Wildman–Crippen LogP) is 5.59. The van der Waals surface area contributed by atoms with Crippen LogP contribution in [0.25, 0.3) is 11.3 Å². The molecule has 28 heavy (non-hydrogen) atoms. The second kappa shape index (κ2) is 8.71. The molecule has 0 saturated heterocycles. The third kappa shape index (κ3) is 4.88. The lowest BCUT2D eigenvalue weighted by Gasteiger charge is -2.09. The molecule has 0 fully saturated rings. The van der Waals surface area contributed by atoms with E-state index in [-0.39, 0.29) is 16.7 Å². The van der Waals surface area contributed by atoms with Gasteiger partial charge in [-0.05, 0) is 73.9 Å². The molecule has 4 nitrogen and oxygen atoms in total. The first-order valence-corrected chi connectivity index (χ1v) is 9.99. The third-order valence-electron chi connectivity index (χ3n) is 4.31. The molecule has 7 heteroatoms. The van der Waals surface area contributed by atoms with Gasteiger partial charge >= 0.3 is 0 Å². The molecule has 0 unspecified atom stereocenters. The smallest absolute Gasteiger partial charge is 0.234 e. The van der Waals surface area contributed by atoms with Gasteiger partial charge in [-0.25, -0.2) is 4.39 Å². The summed E-state index contributed by atoms with van der Waals surface area (Å²) in [6, 6.07) is 12.1. The molecule has 144 valence electrons. The lowest BCUT2D eigenvalue weighted by atomic mass is 9.99. The van der Waals surface area contributed by atoms with Crippen LogP contribution in [-0.4, -0.2) is 21.9 Å². The van der Waals surface area contributed by atoms with Gasteiger partial charge in [0.25, 0.3) is 0 Å². The van der Waals surface area contributed by atoms with E-state index in [1.165, 1.54) is 41.1 Å². The number of rotatable bonds is 5. The molecule has 3 rings (SSSR count). The first-order chi connectivity index (χ1) is 13.3. The van der Waals surface area contributed by atoms with Crippen molar-refractivity contribution in [2.45, 2.75) is 25.8 Å². The maximum atomic E-state index is 13.2. The molecule has 0 aliphatic carbocycles.